The van der Waals surface area contributed by atoms with E-state index in [2.05, 4.69) is 58.9 Å². The summed E-state index contributed by atoms with van der Waals surface area (Å²) in [5.74, 6) is 1.14. The fourth-order valence-electron chi connectivity index (χ4n) is 2.37. The Morgan fingerprint density at radius 3 is 2.15 bits per heavy atom. The minimum atomic E-state index is -0.000550. The van der Waals surface area contributed by atoms with Crippen LogP contribution in [-0.4, -0.2) is 28.1 Å². The van der Waals surface area contributed by atoms with Crippen LogP contribution in [0.25, 0.3) is 0 Å². The highest BCUT2D eigenvalue weighted by atomic mass is 32.2. The van der Waals surface area contributed by atoms with Gasteiger partial charge in [0, 0.05) is 17.8 Å². The van der Waals surface area contributed by atoms with E-state index in [1.165, 1.54) is 11.1 Å². The first kappa shape index (κ1) is 17.1. The molecule has 2 nitrogen and oxygen atoms in total. The first-order chi connectivity index (χ1) is 9.34. The second-order valence-corrected chi connectivity index (χ2v) is 7.14. The van der Waals surface area contributed by atoms with Crippen molar-refractivity contribution in [3.63, 3.8) is 0 Å². The van der Waals surface area contributed by atoms with Crippen LogP contribution in [0.5, 0.6) is 0 Å². The largest absolute Gasteiger partial charge is 0.337 e. The predicted octanol–water partition coefficient (Wildman–Crippen LogP) is 4.26. The fraction of sp³-hybridized carbons (Fsp3) is 0.588. The topological polar surface area (TPSA) is 20.3 Å². The van der Waals surface area contributed by atoms with E-state index in [9.17, 15) is 4.79 Å². The molecule has 1 aromatic carbocycles. The molecule has 0 aliphatic carbocycles. The summed E-state index contributed by atoms with van der Waals surface area (Å²) in [5, 5.41) is -0.000550. The summed E-state index contributed by atoms with van der Waals surface area (Å²) in [6.45, 7) is 12.5. The lowest BCUT2D eigenvalue weighted by atomic mass is 10.1. The van der Waals surface area contributed by atoms with Gasteiger partial charge in [-0.2, -0.15) is 0 Å². The summed E-state index contributed by atoms with van der Waals surface area (Å²) < 4.78 is 0. The number of amides is 1. The van der Waals surface area contributed by atoms with E-state index in [0.29, 0.717) is 0 Å². The first-order valence-corrected chi connectivity index (χ1v) is 8.37. The number of thioether (sulfide) groups is 1. The summed E-state index contributed by atoms with van der Waals surface area (Å²) in [6, 6.07) is 8.88. The molecule has 20 heavy (non-hydrogen) atoms. The van der Waals surface area contributed by atoms with Gasteiger partial charge in [0.25, 0.3) is 0 Å². The zero-order valence-electron chi connectivity index (χ0n) is 13.5. The van der Waals surface area contributed by atoms with Crippen LogP contribution in [0.1, 0.15) is 45.7 Å². The molecule has 0 spiro atoms. The van der Waals surface area contributed by atoms with Crippen LogP contribution in [0.4, 0.5) is 0 Å². The molecule has 1 amide bonds. The van der Waals surface area contributed by atoms with Gasteiger partial charge in [0.1, 0.15) is 0 Å². The summed E-state index contributed by atoms with van der Waals surface area (Å²) in [4.78, 5) is 14.5. The van der Waals surface area contributed by atoms with Crippen molar-refractivity contribution in [1.29, 1.82) is 0 Å². The molecule has 0 saturated heterocycles. The van der Waals surface area contributed by atoms with Crippen LogP contribution in [0, 0.1) is 6.92 Å². The van der Waals surface area contributed by atoms with Gasteiger partial charge in [0.05, 0.1) is 5.25 Å². The summed E-state index contributed by atoms with van der Waals surface area (Å²) in [5.41, 5.74) is 2.61. The molecular formula is C17H27NOS. The number of hydrogen-bond donors (Lipinski definition) is 0. The molecule has 0 saturated carbocycles. The molecule has 0 aliphatic heterocycles. The van der Waals surface area contributed by atoms with Crippen molar-refractivity contribution in [1.82, 2.24) is 4.90 Å². The van der Waals surface area contributed by atoms with Crippen LogP contribution >= 0.6 is 11.8 Å². The summed E-state index contributed by atoms with van der Waals surface area (Å²) in [6.07, 6.45) is 0. The molecule has 0 aliphatic rings. The third kappa shape index (κ3) is 4.55. The van der Waals surface area contributed by atoms with E-state index in [0.717, 1.165) is 5.75 Å². The van der Waals surface area contributed by atoms with Gasteiger partial charge in [-0.1, -0.05) is 24.3 Å². The second-order valence-electron chi connectivity index (χ2n) is 5.81. The molecule has 3 heteroatoms. The molecule has 1 aromatic rings. The molecular weight excluding hydrogens is 266 g/mol. The Balaban J connectivity index is 2.64. The second kappa shape index (κ2) is 7.72. The maximum absolute atomic E-state index is 12.5. The molecule has 112 valence electrons. The van der Waals surface area contributed by atoms with E-state index in [1.54, 1.807) is 11.8 Å². The Morgan fingerprint density at radius 2 is 1.65 bits per heavy atom. The Bertz CT molecular complexity index is 434. The molecule has 0 aromatic heterocycles. The highest BCUT2D eigenvalue weighted by Crippen LogP contribution is 2.23. The van der Waals surface area contributed by atoms with Crippen LogP contribution in [0.15, 0.2) is 24.3 Å². The van der Waals surface area contributed by atoms with Crippen molar-refractivity contribution in [2.75, 3.05) is 0 Å². The molecule has 1 atom stereocenters. The van der Waals surface area contributed by atoms with Crippen LogP contribution < -0.4 is 0 Å². The lowest BCUT2D eigenvalue weighted by molar-refractivity contribution is -0.133. The number of benzene rings is 1. The van der Waals surface area contributed by atoms with E-state index >= 15 is 0 Å². The molecule has 0 radical (unpaired) electrons. The zero-order valence-corrected chi connectivity index (χ0v) is 14.3. The molecule has 0 fully saturated rings. The molecule has 0 bridgehead atoms. The number of aryl methyl sites for hydroxylation is 1. The SMILES string of the molecule is Cc1ccccc1CSC(C)C(=O)N(C(C)C)C(C)C. The van der Waals surface area contributed by atoms with Crippen molar-refractivity contribution in [3.05, 3.63) is 35.4 Å². The Kier molecular flexibility index (Phi) is 6.60. The maximum Gasteiger partial charge on any atom is 0.235 e. The van der Waals surface area contributed by atoms with Gasteiger partial charge in [-0.25, -0.2) is 0 Å². The quantitative estimate of drug-likeness (QED) is 0.781. The Hall–Kier alpha value is -0.960. The molecule has 0 N–H and O–H groups in total. The normalized spacial score (nSPS) is 12.8. The zero-order chi connectivity index (χ0) is 15.3. The van der Waals surface area contributed by atoms with Gasteiger partial charge in [-0.3, -0.25) is 4.79 Å². The Morgan fingerprint density at radius 1 is 1.10 bits per heavy atom. The minimum absolute atomic E-state index is 0.000550. The molecule has 1 rings (SSSR count). The first-order valence-electron chi connectivity index (χ1n) is 7.32. The highest BCUT2D eigenvalue weighted by molar-refractivity contribution is 7.99. The van der Waals surface area contributed by atoms with Crippen molar-refractivity contribution < 1.29 is 4.79 Å². The number of carbonyl (C=O) groups is 1. The lowest BCUT2D eigenvalue weighted by Crippen LogP contribution is -2.45. The highest BCUT2D eigenvalue weighted by Gasteiger charge is 2.25. The number of rotatable bonds is 6. The fourth-order valence-corrected chi connectivity index (χ4v) is 3.39. The lowest BCUT2D eigenvalue weighted by Gasteiger charge is -2.33. The Labute approximate surface area is 127 Å². The average molecular weight is 293 g/mol. The molecule has 0 heterocycles. The summed E-state index contributed by atoms with van der Waals surface area (Å²) in [7, 11) is 0. The minimum Gasteiger partial charge on any atom is -0.337 e. The van der Waals surface area contributed by atoms with Crippen molar-refractivity contribution in [2.24, 2.45) is 0 Å². The number of nitrogens with zero attached hydrogens (tertiary/aromatic N) is 1. The average Bonchev–Trinajstić information content (AvgIpc) is 2.36. The van der Waals surface area contributed by atoms with Crippen LogP contribution in [0.3, 0.4) is 0 Å². The van der Waals surface area contributed by atoms with E-state index < -0.39 is 0 Å². The van der Waals surface area contributed by atoms with Crippen LogP contribution in [-0.2, 0) is 10.5 Å². The van der Waals surface area contributed by atoms with Gasteiger partial charge in [-0.15, -0.1) is 11.8 Å². The van der Waals surface area contributed by atoms with Gasteiger partial charge < -0.3 is 4.90 Å². The van der Waals surface area contributed by atoms with Crippen molar-refractivity contribution >= 4 is 17.7 Å². The van der Waals surface area contributed by atoms with Gasteiger partial charge in [0.2, 0.25) is 5.91 Å². The summed E-state index contributed by atoms with van der Waals surface area (Å²) >= 11 is 1.72. The standard InChI is InChI=1S/C17H27NOS/c1-12(2)18(13(3)4)17(19)15(6)20-11-16-10-8-7-9-14(16)5/h7-10,12-13,15H,11H2,1-6H3. The van der Waals surface area contributed by atoms with Gasteiger partial charge in [0.15, 0.2) is 0 Å². The smallest absolute Gasteiger partial charge is 0.235 e. The van der Waals surface area contributed by atoms with E-state index in [4.69, 9.17) is 0 Å². The third-order valence-electron chi connectivity index (χ3n) is 3.47. The van der Waals surface area contributed by atoms with E-state index in [-0.39, 0.29) is 23.2 Å². The van der Waals surface area contributed by atoms with Crippen molar-refractivity contribution in [2.45, 2.75) is 64.6 Å². The maximum atomic E-state index is 12.5. The van der Waals surface area contributed by atoms with Gasteiger partial charge >= 0.3 is 0 Å². The van der Waals surface area contributed by atoms with E-state index in [1.807, 2.05) is 11.8 Å². The number of hydrogen-bond acceptors (Lipinski definition) is 2. The third-order valence-corrected chi connectivity index (χ3v) is 4.64. The number of carbonyl (C=O) groups excluding carboxylic acids is 1. The molecule has 1 unspecified atom stereocenters. The van der Waals surface area contributed by atoms with Gasteiger partial charge in [-0.05, 0) is 52.7 Å². The van der Waals surface area contributed by atoms with Crippen LogP contribution in [0.2, 0.25) is 0 Å². The predicted molar refractivity (Wildman–Crippen MR) is 89.1 cm³/mol. The van der Waals surface area contributed by atoms with Crippen molar-refractivity contribution in [3.8, 4) is 0 Å². The monoisotopic (exact) mass is 293 g/mol.